The number of aliphatic carboxylic acids is 1. The van der Waals surface area contributed by atoms with Gasteiger partial charge in [0.2, 0.25) is 11.8 Å². The Labute approximate surface area is 200 Å². The fraction of sp³-hybridized carbons (Fsp3) is 0.304. The van der Waals surface area contributed by atoms with Gasteiger partial charge in [0.15, 0.2) is 0 Å². The van der Waals surface area contributed by atoms with Crippen molar-refractivity contribution in [3.8, 4) is 0 Å². The molecule has 35 heavy (non-hydrogen) atoms. The Kier molecular flexibility index (Phi) is 7.97. The number of para-hydroxylation sites is 1. The van der Waals surface area contributed by atoms with E-state index in [0.29, 0.717) is 18.4 Å². The molecule has 2 atom stereocenters. The largest absolute Gasteiger partial charge is 0.480 e. The molecule has 0 bridgehead atoms. The van der Waals surface area contributed by atoms with Gasteiger partial charge in [-0.1, -0.05) is 24.3 Å². The van der Waals surface area contributed by atoms with Crippen molar-refractivity contribution in [3.63, 3.8) is 0 Å². The van der Waals surface area contributed by atoms with Crippen molar-refractivity contribution >= 4 is 35.1 Å². The minimum atomic E-state index is -1.14. The Morgan fingerprint density at radius 3 is 2.46 bits per heavy atom. The van der Waals surface area contributed by atoms with Crippen LogP contribution in [0, 0.1) is 10.1 Å². The molecule has 1 fully saturated rings. The fourth-order valence-electron chi connectivity index (χ4n) is 3.88. The van der Waals surface area contributed by atoms with Gasteiger partial charge in [-0.25, -0.2) is 4.79 Å². The summed E-state index contributed by atoms with van der Waals surface area (Å²) in [6.45, 7) is -0.216. The van der Waals surface area contributed by atoms with E-state index >= 15 is 0 Å². The Bertz CT molecular complexity index is 1140. The molecule has 3 amide bonds. The predicted octanol–water partition coefficient (Wildman–Crippen LogP) is 0.710. The fourth-order valence-corrected chi connectivity index (χ4v) is 3.88. The lowest BCUT2D eigenvalue weighted by Crippen LogP contribution is -2.54. The molecule has 1 heterocycles. The molecular formula is C23H25N5O7. The molecule has 5 N–H and O–H groups in total. The van der Waals surface area contributed by atoms with Crippen LogP contribution < -0.4 is 16.4 Å². The normalized spacial score (nSPS) is 15.8. The summed E-state index contributed by atoms with van der Waals surface area (Å²) in [6, 6.07) is 9.67. The highest BCUT2D eigenvalue weighted by Gasteiger charge is 2.37. The van der Waals surface area contributed by atoms with E-state index in [4.69, 9.17) is 5.73 Å². The molecule has 1 aliphatic heterocycles. The van der Waals surface area contributed by atoms with Crippen LogP contribution in [0.4, 0.5) is 11.4 Å². The predicted molar refractivity (Wildman–Crippen MR) is 124 cm³/mol. The number of likely N-dealkylation sites (tertiary alicyclic amines) is 1. The van der Waals surface area contributed by atoms with E-state index in [9.17, 15) is 34.4 Å². The number of carbonyl (C=O) groups excluding carboxylic acids is 3. The molecule has 12 nitrogen and oxygen atoms in total. The number of carboxylic acids is 1. The highest BCUT2D eigenvalue weighted by Crippen LogP contribution is 2.20. The molecular weight excluding hydrogens is 458 g/mol. The Morgan fingerprint density at radius 2 is 1.83 bits per heavy atom. The molecule has 3 rings (SSSR count). The van der Waals surface area contributed by atoms with Crippen LogP contribution in [0.5, 0.6) is 0 Å². The Morgan fingerprint density at radius 1 is 1.14 bits per heavy atom. The lowest BCUT2D eigenvalue weighted by molar-refractivity contribution is -0.384. The van der Waals surface area contributed by atoms with Gasteiger partial charge < -0.3 is 26.4 Å². The van der Waals surface area contributed by atoms with Gasteiger partial charge in [0.05, 0.1) is 17.0 Å². The minimum Gasteiger partial charge on any atom is -0.480 e. The third kappa shape index (κ3) is 6.31. The van der Waals surface area contributed by atoms with E-state index in [1.165, 1.54) is 35.2 Å². The van der Waals surface area contributed by atoms with Crippen molar-refractivity contribution in [1.29, 1.82) is 0 Å². The molecule has 1 aliphatic rings. The molecule has 0 saturated carbocycles. The second-order valence-electron chi connectivity index (χ2n) is 8.05. The summed E-state index contributed by atoms with van der Waals surface area (Å²) in [4.78, 5) is 61.3. The second-order valence-corrected chi connectivity index (χ2v) is 8.05. The monoisotopic (exact) mass is 483 g/mol. The van der Waals surface area contributed by atoms with Crippen LogP contribution in [0.25, 0.3) is 0 Å². The number of nitrogens with zero attached hydrogens (tertiary/aromatic N) is 2. The number of hydrogen-bond donors (Lipinski definition) is 4. The van der Waals surface area contributed by atoms with E-state index < -0.39 is 47.2 Å². The minimum absolute atomic E-state index is 0.0228. The topological polar surface area (TPSA) is 185 Å². The van der Waals surface area contributed by atoms with Gasteiger partial charge in [0.25, 0.3) is 11.6 Å². The first kappa shape index (κ1) is 25.1. The molecule has 0 spiro atoms. The van der Waals surface area contributed by atoms with E-state index in [1.807, 2.05) is 0 Å². The van der Waals surface area contributed by atoms with E-state index in [1.54, 1.807) is 18.2 Å². The van der Waals surface area contributed by atoms with E-state index in [2.05, 4.69) is 10.6 Å². The number of nitro benzene ring substituents is 1. The quantitative estimate of drug-likeness (QED) is 0.228. The lowest BCUT2D eigenvalue weighted by atomic mass is 10.0. The molecule has 2 aromatic carbocycles. The number of nitro groups is 1. The molecule has 1 saturated heterocycles. The highest BCUT2D eigenvalue weighted by atomic mass is 16.6. The number of nitrogens with one attached hydrogen (secondary N) is 2. The van der Waals surface area contributed by atoms with Crippen LogP contribution in [0.15, 0.2) is 48.5 Å². The zero-order valence-corrected chi connectivity index (χ0v) is 18.7. The first-order valence-corrected chi connectivity index (χ1v) is 10.9. The average Bonchev–Trinajstić information content (AvgIpc) is 3.33. The first-order chi connectivity index (χ1) is 16.7. The summed E-state index contributed by atoms with van der Waals surface area (Å²) in [6.07, 6.45) is 0.786. The molecule has 0 aromatic heterocycles. The molecule has 184 valence electrons. The number of non-ortho nitro benzene ring substituents is 1. The number of amides is 3. The Hall–Kier alpha value is -4.48. The summed E-state index contributed by atoms with van der Waals surface area (Å²) >= 11 is 0. The third-order valence-corrected chi connectivity index (χ3v) is 5.66. The van der Waals surface area contributed by atoms with Crippen molar-refractivity contribution in [3.05, 3.63) is 69.8 Å². The highest BCUT2D eigenvalue weighted by molar-refractivity contribution is 6.01. The van der Waals surface area contributed by atoms with Gasteiger partial charge in [0.1, 0.15) is 12.1 Å². The smallest absolute Gasteiger partial charge is 0.326 e. The molecule has 2 aromatic rings. The SMILES string of the molecule is Nc1ccccc1C(=O)NCC(=O)N[C@H](Cc1ccc([N+](=O)[O-])cc1)C(=O)N1CCC[C@H]1C(=O)O. The van der Waals surface area contributed by atoms with Crippen molar-refractivity contribution in [2.24, 2.45) is 0 Å². The zero-order valence-electron chi connectivity index (χ0n) is 18.7. The standard InChI is InChI=1S/C23H25N5O7/c24-17-5-2-1-4-16(17)21(30)25-13-20(29)26-18(12-14-7-9-15(10-8-14)28(34)35)22(31)27-11-3-6-19(27)23(32)33/h1-2,4-5,7-10,18-19H,3,6,11-13,24H2,(H,25,30)(H,26,29)(H,32,33)/t18-,19+/m1/s1. The third-order valence-electron chi connectivity index (χ3n) is 5.66. The number of rotatable bonds is 9. The molecule has 0 radical (unpaired) electrons. The van der Waals surface area contributed by atoms with Crippen molar-refractivity contribution in [2.75, 3.05) is 18.8 Å². The molecule has 12 heteroatoms. The Balaban J connectivity index is 1.72. The number of benzene rings is 2. The van der Waals surface area contributed by atoms with Gasteiger partial charge in [-0.3, -0.25) is 24.5 Å². The van der Waals surface area contributed by atoms with Crippen LogP contribution in [0.2, 0.25) is 0 Å². The van der Waals surface area contributed by atoms with Crippen LogP contribution in [0.3, 0.4) is 0 Å². The maximum absolute atomic E-state index is 13.2. The maximum atomic E-state index is 13.2. The van der Waals surface area contributed by atoms with E-state index in [0.717, 1.165) is 0 Å². The first-order valence-electron chi connectivity index (χ1n) is 10.9. The number of anilines is 1. The van der Waals surface area contributed by atoms with Gasteiger partial charge in [-0.05, 0) is 30.5 Å². The summed E-state index contributed by atoms with van der Waals surface area (Å²) < 4.78 is 0. The number of nitrogens with two attached hydrogens (primary N) is 1. The lowest BCUT2D eigenvalue weighted by Gasteiger charge is -2.27. The van der Waals surface area contributed by atoms with Crippen LogP contribution in [-0.4, -0.2) is 63.8 Å². The van der Waals surface area contributed by atoms with Gasteiger partial charge >= 0.3 is 5.97 Å². The second kappa shape index (κ2) is 11.1. The summed E-state index contributed by atoms with van der Waals surface area (Å²) in [5, 5.41) is 25.3. The average molecular weight is 483 g/mol. The zero-order chi connectivity index (χ0) is 25.5. The summed E-state index contributed by atoms with van der Waals surface area (Å²) in [5.41, 5.74) is 6.60. The number of carbonyl (C=O) groups is 4. The van der Waals surface area contributed by atoms with Crippen LogP contribution in [-0.2, 0) is 20.8 Å². The molecule has 0 aliphatic carbocycles. The van der Waals surface area contributed by atoms with Gasteiger partial charge in [0, 0.05) is 30.8 Å². The van der Waals surface area contributed by atoms with Gasteiger partial charge in [-0.15, -0.1) is 0 Å². The van der Waals surface area contributed by atoms with Crippen LogP contribution >= 0.6 is 0 Å². The van der Waals surface area contributed by atoms with Gasteiger partial charge in [-0.2, -0.15) is 0 Å². The van der Waals surface area contributed by atoms with E-state index in [-0.39, 0.29) is 29.9 Å². The molecule has 0 unspecified atom stereocenters. The number of nitrogen functional groups attached to an aromatic ring is 1. The number of hydrogen-bond acceptors (Lipinski definition) is 7. The summed E-state index contributed by atoms with van der Waals surface area (Å²) in [5.74, 6) is -2.95. The maximum Gasteiger partial charge on any atom is 0.326 e. The number of carboxylic acid groups (broad SMARTS) is 1. The summed E-state index contributed by atoms with van der Waals surface area (Å²) in [7, 11) is 0. The van der Waals surface area contributed by atoms with Crippen molar-refractivity contribution < 1.29 is 29.2 Å². The van der Waals surface area contributed by atoms with Crippen LogP contribution in [0.1, 0.15) is 28.8 Å². The van der Waals surface area contributed by atoms with Crippen molar-refractivity contribution in [2.45, 2.75) is 31.3 Å². The van der Waals surface area contributed by atoms with Crippen molar-refractivity contribution in [1.82, 2.24) is 15.5 Å².